The molecule has 0 aliphatic rings. The fourth-order valence-electron chi connectivity index (χ4n) is 3.44. The van der Waals surface area contributed by atoms with Crippen LogP contribution in [0.2, 0.25) is 5.02 Å². The first kappa shape index (κ1) is 25.9. The van der Waals surface area contributed by atoms with E-state index in [4.69, 9.17) is 11.6 Å². The molecule has 0 aliphatic carbocycles. The Morgan fingerprint density at radius 2 is 1.63 bits per heavy atom. The molecular weight excluding hydrogens is 496 g/mol. The van der Waals surface area contributed by atoms with Crippen LogP contribution in [-0.4, -0.2) is 10.5 Å². The fourth-order valence-corrected chi connectivity index (χ4v) is 3.64. The van der Waals surface area contributed by atoms with Crippen LogP contribution < -0.4 is 5.32 Å². The molecule has 0 saturated carbocycles. The number of aryl methyl sites for hydroxylation is 1. The lowest BCUT2D eigenvalue weighted by atomic mass is 10.1. The predicted octanol–water partition coefficient (Wildman–Crippen LogP) is 7.33. The molecule has 1 amide bonds. The molecule has 0 bridgehead atoms. The molecule has 182 valence electrons. The SMILES string of the molecule is Cc1cc(/C=C(\C#N)C(=O)Nc2cccc(C(F)(F)F)c2)c(C)n1-c1cc(C(F)(F)F)ccc1Cl. The van der Waals surface area contributed by atoms with Crippen LogP contribution in [-0.2, 0) is 17.1 Å². The molecule has 1 N–H and O–H groups in total. The Labute approximate surface area is 201 Å². The summed E-state index contributed by atoms with van der Waals surface area (Å²) < 4.78 is 79.8. The first-order valence-electron chi connectivity index (χ1n) is 9.89. The molecule has 0 radical (unpaired) electrons. The van der Waals surface area contributed by atoms with Crippen molar-refractivity contribution in [2.24, 2.45) is 0 Å². The number of hydrogen-bond acceptors (Lipinski definition) is 2. The summed E-state index contributed by atoms with van der Waals surface area (Å²) in [5.74, 6) is -0.950. The van der Waals surface area contributed by atoms with Crippen LogP contribution in [0.15, 0.2) is 54.1 Å². The van der Waals surface area contributed by atoms with E-state index in [-0.39, 0.29) is 16.4 Å². The van der Waals surface area contributed by atoms with Crippen molar-refractivity contribution in [3.8, 4) is 11.8 Å². The number of aromatic nitrogens is 1. The minimum absolute atomic E-state index is 0.0538. The molecule has 4 nitrogen and oxygen atoms in total. The minimum atomic E-state index is -4.61. The largest absolute Gasteiger partial charge is 0.416 e. The van der Waals surface area contributed by atoms with Gasteiger partial charge in [-0.05, 0) is 68.0 Å². The van der Waals surface area contributed by atoms with Crippen molar-refractivity contribution < 1.29 is 31.1 Å². The summed E-state index contributed by atoms with van der Waals surface area (Å²) in [5.41, 5.74) is -1.19. The number of carbonyl (C=O) groups excluding carboxylic acids is 1. The van der Waals surface area contributed by atoms with E-state index in [1.54, 1.807) is 26.0 Å². The number of rotatable bonds is 4. The number of benzene rings is 2. The molecule has 1 heterocycles. The topological polar surface area (TPSA) is 57.8 Å². The van der Waals surface area contributed by atoms with Gasteiger partial charge in [0.2, 0.25) is 0 Å². The van der Waals surface area contributed by atoms with E-state index in [1.807, 2.05) is 0 Å². The second-order valence-electron chi connectivity index (χ2n) is 7.53. The van der Waals surface area contributed by atoms with Crippen LogP contribution in [0.25, 0.3) is 11.8 Å². The summed E-state index contributed by atoms with van der Waals surface area (Å²) in [5, 5.41) is 11.8. The molecule has 2 aromatic carbocycles. The molecule has 0 saturated heterocycles. The Morgan fingerprint density at radius 3 is 2.23 bits per heavy atom. The van der Waals surface area contributed by atoms with Crippen molar-refractivity contribution in [3.63, 3.8) is 0 Å². The highest BCUT2D eigenvalue weighted by Gasteiger charge is 2.32. The molecule has 3 rings (SSSR count). The Balaban J connectivity index is 1.98. The van der Waals surface area contributed by atoms with E-state index in [1.165, 1.54) is 16.7 Å². The average Bonchev–Trinajstić information content (AvgIpc) is 3.03. The number of halogens is 7. The van der Waals surface area contributed by atoms with Gasteiger partial charge in [-0.3, -0.25) is 4.79 Å². The maximum absolute atomic E-state index is 13.2. The van der Waals surface area contributed by atoms with E-state index in [2.05, 4.69) is 5.32 Å². The maximum Gasteiger partial charge on any atom is 0.416 e. The highest BCUT2D eigenvalue weighted by atomic mass is 35.5. The summed E-state index contributed by atoms with van der Waals surface area (Å²) in [6.45, 7) is 3.17. The lowest BCUT2D eigenvalue weighted by Crippen LogP contribution is -2.14. The number of anilines is 1. The van der Waals surface area contributed by atoms with Crippen LogP contribution in [0.1, 0.15) is 28.1 Å². The molecule has 0 aliphatic heterocycles. The van der Waals surface area contributed by atoms with Crippen molar-refractivity contribution in [1.82, 2.24) is 4.57 Å². The number of carbonyl (C=O) groups is 1. The molecule has 35 heavy (non-hydrogen) atoms. The molecule has 11 heteroatoms. The van der Waals surface area contributed by atoms with Crippen molar-refractivity contribution in [3.05, 3.63) is 87.2 Å². The van der Waals surface area contributed by atoms with Crippen LogP contribution in [0.3, 0.4) is 0 Å². The first-order valence-corrected chi connectivity index (χ1v) is 10.3. The van der Waals surface area contributed by atoms with Gasteiger partial charge in [0.1, 0.15) is 11.6 Å². The lowest BCUT2D eigenvalue weighted by Gasteiger charge is -2.15. The number of alkyl halides is 6. The summed E-state index contributed by atoms with van der Waals surface area (Å²) in [7, 11) is 0. The Morgan fingerprint density at radius 1 is 1.00 bits per heavy atom. The molecule has 3 aromatic rings. The standard InChI is InChI=1S/C24H16ClF6N3O/c1-13-8-15(14(2)34(13)21-11-18(24(29,30)31)6-7-20(21)25)9-16(12-32)22(35)33-19-5-3-4-17(10-19)23(26,27)28/h3-11H,1-2H3,(H,33,35)/b16-9+. The summed E-state index contributed by atoms with van der Waals surface area (Å²) in [6.07, 6.45) is -8.01. The molecule has 0 spiro atoms. The van der Waals surface area contributed by atoms with Gasteiger partial charge in [-0.2, -0.15) is 31.6 Å². The van der Waals surface area contributed by atoms with Crippen molar-refractivity contribution in [2.45, 2.75) is 26.2 Å². The van der Waals surface area contributed by atoms with Gasteiger partial charge in [0.05, 0.1) is 21.8 Å². The number of nitrogens with one attached hydrogen (secondary N) is 1. The monoisotopic (exact) mass is 511 g/mol. The van der Waals surface area contributed by atoms with Gasteiger partial charge in [0.25, 0.3) is 5.91 Å². The van der Waals surface area contributed by atoms with Gasteiger partial charge in [-0.25, -0.2) is 0 Å². The predicted molar refractivity (Wildman–Crippen MR) is 119 cm³/mol. The van der Waals surface area contributed by atoms with Crippen LogP contribution in [0.5, 0.6) is 0 Å². The number of hydrogen-bond donors (Lipinski definition) is 1. The van der Waals surface area contributed by atoms with Gasteiger partial charge < -0.3 is 9.88 Å². The molecule has 0 fully saturated rings. The minimum Gasteiger partial charge on any atom is -0.321 e. The van der Waals surface area contributed by atoms with Crippen LogP contribution in [0, 0.1) is 25.2 Å². The van der Waals surface area contributed by atoms with E-state index < -0.39 is 35.0 Å². The van der Waals surface area contributed by atoms with Crippen molar-refractivity contribution in [2.75, 3.05) is 5.32 Å². The third-order valence-electron chi connectivity index (χ3n) is 5.10. The maximum atomic E-state index is 13.2. The second kappa shape index (κ2) is 9.50. The van der Waals surface area contributed by atoms with E-state index in [0.717, 1.165) is 36.4 Å². The number of nitrogens with zero attached hydrogens (tertiary/aromatic N) is 2. The van der Waals surface area contributed by atoms with E-state index in [0.29, 0.717) is 17.0 Å². The van der Waals surface area contributed by atoms with Gasteiger partial charge in [-0.1, -0.05) is 17.7 Å². The second-order valence-corrected chi connectivity index (χ2v) is 7.94. The Kier molecular flexibility index (Phi) is 7.03. The van der Waals surface area contributed by atoms with Crippen molar-refractivity contribution >= 4 is 29.3 Å². The van der Waals surface area contributed by atoms with Gasteiger partial charge in [-0.15, -0.1) is 0 Å². The van der Waals surface area contributed by atoms with Crippen LogP contribution >= 0.6 is 11.6 Å². The van der Waals surface area contributed by atoms with E-state index >= 15 is 0 Å². The third kappa shape index (κ3) is 5.69. The Hall–Kier alpha value is -3.71. The fraction of sp³-hybridized carbons (Fsp3) is 0.167. The van der Waals surface area contributed by atoms with Gasteiger partial charge >= 0.3 is 12.4 Å². The average molecular weight is 512 g/mol. The van der Waals surface area contributed by atoms with E-state index in [9.17, 15) is 36.4 Å². The smallest absolute Gasteiger partial charge is 0.321 e. The molecule has 0 unspecified atom stereocenters. The summed E-state index contributed by atoms with van der Waals surface area (Å²) in [6, 6.07) is 10.0. The highest BCUT2D eigenvalue weighted by molar-refractivity contribution is 6.32. The number of amides is 1. The highest BCUT2D eigenvalue weighted by Crippen LogP contribution is 2.35. The van der Waals surface area contributed by atoms with Gasteiger partial charge in [0.15, 0.2) is 0 Å². The number of nitriles is 1. The molecular formula is C24H16ClF6N3O. The zero-order valence-electron chi connectivity index (χ0n) is 18.1. The van der Waals surface area contributed by atoms with Crippen molar-refractivity contribution in [1.29, 1.82) is 5.26 Å². The zero-order chi connectivity index (χ0) is 26.1. The normalized spacial score (nSPS) is 12.4. The lowest BCUT2D eigenvalue weighted by molar-refractivity contribution is -0.138. The Bertz CT molecular complexity index is 1360. The molecule has 0 atom stereocenters. The first-order chi connectivity index (χ1) is 16.2. The zero-order valence-corrected chi connectivity index (χ0v) is 18.9. The summed E-state index contributed by atoms with van der Waals surface area (Å²) >= 11 is 6.15. The molecule has 1 aromatic heterocycles. The third-order valence-corrected chi connectivity index (χ3v) is 5.42. The van der Waals surface area contributed by atoms with Gasteiger partial charge in [0, 0.05) is 17.1 Å². The summed E-state index contributed by atoms with van der Waals surface area (Å²) in [4.78, 5) is 12.6. The quantitative estimate of drug-likeness (QED) is 0.226. The van der Waals surface area contributed by atoms with Crippen LogP contribution in [0.4, 0.5) is 32.0 Å².